The zero-order chi connectivity index (χ0) is 23.8. The van der Waals surface area contributed by atoms with E-state index < -0.39 is 16.1 Å². The summed E-state index contributed by atoms with van der Waals surface area (Å²) in [6, 6.07) is 20.5. The van der Waals surface area contributed by atoms with Gasteiger partial charge in [0, 0.05) is 11.5 Å². The zero-order valence-electron chi connectivity index (χ0n) is 18.6. The second-order valence-corrected chi connectivity index (χ2v) is 10.7. The van der Waals surface area contributed by atoms with Gasteiger partial charge in [0.05, 0.1) is 27.5 Å². The maximum Gasteiger partial charge on any atom is 0.266 e. The van der Waals surface area contributed by atoms with Gasteiger partial charge in [-0.2, -0.15) is 4.31 Å². The minimum atomic E-state index is -3.82. The van der Waals surface area contributed by atoms with Crippen molar-refractivity contribution in [3.8, 4) is 5.69 Å². The van der Waals surface area contributed by atoms with Crippen molar-refractivity contribution in [3.63, 3.8) is 0 Å². The Morgan fingerprint density at radius 3 is 2.27 bits per heavy atom. The summed E-state index contributed by atoms with van der Waals surface area (Å²) >= 11 is 3.33. The Kier molecular flexibility index (Phi) is 6.52. The van der Waals surface area contributed by atoms with E-state index in [9.17, 15) is 13.2 Å². The lowest BCUT2D eigenvalue weighted by Gasteiger charge is -2.26. The predicted molar refractivity (Wildman–Crippen MR) is 134 cm³/mol. The largest absolute Gasteiger partial charge is 0.268 e. The monoisotopic (exact) mass is 525 g/mol. The van der Waals surface area contributed by atoms with Crippen LogP contribution in [-0.2, 0) is 16.4 Å². The normalized spacial score (nSPS) is 12.9. The van der Waals surface area contributed by atoms with Gasteiger partial charge in [0.15, 0.2) is 0 Å². The van der Waals surface area contributed by atoms with Gasteiger partial charge in [0.2, 0.25) is 10.0 Å². The van der Waals surface area contributed by atoms with Crippen LogP contribution in [0, 0.1) is 0 Å². The molecule has 1 heterocycles. The van der Waals surface area contributed by atoms with Gasteiger partial charge in [-0.15, -0.1) is 0 Å². The topological polar surface area (TPSA) is 72.3 Å². The highest BCUT2D eigenvalue weighted by Crippen LogP contribution is 2.27. The Labute approximate surface area is 201 Å². The molecule has 0 N–H and O–H groups in total. The summed E-state index contributed by atoms with van der Waals surface area (Å²) < 4.78 is 30.2. The van der Waals surface area contributed by atoms with Crippen LogP contribution in [-0.4, -0.2) is 29.3 Å². The summed E-state index contributed by atoms with van der Waals surface area (Å²) in [5, 5.41) is 0.478. The molecule has 0 fully saturated rings. The summed E-state index contributed by atoms with van der Waals surface area (Å²) in [5.74, 6) is 0.353. The van der Waals surface area contributed by atoms with Crippen molar-refractivity contribution in [1.82, 2.24) is 13.9 Å². The number of aryl methyl sites for hydroxylation is 1. The molecule has 1 atom stereocenters. The van der Waals surface area contributed by atoms with Crippen molar-refractivity contribution in [1.29, 1.82) is 0 Å². The van der Waals surface area contributed by atoms with Crippen LogP contribution in [0.4, 0.5) is 0 Å². The van der Waals surface area contributed by atoms with Crippen LogP contribution in [0.2, 0.25) is 0 Å². The lowest BCUT2D eigenvalue weighted by molar-refractivity contribution is 0.379. The minimum absolute atomic E-state index is 0.169. The minimum Gasteiger partial charge on any atom is -0.268 e. The number of nitrogens with zero attached hydrogens (tertiary/aromatic N) is 3. The molecule has 0 aliphatic heterocycles. The van der Waals surface area contributed by atoms with Crippen molar-refractivity contribution < 1.29 is 8.42 Å². The Morgan fingerprint density at radius 2 is 1.64 bits per heavy atom. The summed E-state index contributed by atoms with van der Waals surface area (Å²) in [7, 11) is -2.31. The van der Waals surface area contributed by atoms with Crippen LogP contribution >= 0.6 is 15.9 Å². The number of hydrogen-bond acceptors (Lipinski definition) is 4. The van der Waals surface area contributed by atoms with Crippen molar-refractivity contribution in [3.05, 3.63) is 99.0 Å². The van der Waals surface area contributed by atoms with E-state index in [0.717, 1.165) is 16.5 Å². The molecule has 0 amide bonds. The first-order chi connectivity index (χ1) is 15.7. The van der Waals surface area contributed by atoms with Crippen molar-refractivity contribution >= 4 is 36.9 Å². The number of hydrogen-bond donors (Lipinski definition) is 0. The molecule has 170 valence electrons. The molecule has 6 nitrogen and oxygen atoms in total. The van der Waals surface area contributed by atoms with Crippen molar-refractivity contribution in [2.45, 2.75) is 31.2 Å². The molecule has 1 unspecified atom stereocenters. The SMILES string of the molecule is CCc1ccc(-n2c(C(C)N(C)S(=O)(=O)c3ccc(Br)cc3)nc3ccccc3c2=O)cc1. The van der Waals surface area contributed by atoms with E-state index >= 15 is 0 Å². The van der Waals surface area contributed by atoms with E-state index in [1.807, 2.05) is 30.3 Å². The average Bonchev–Trinajstić information content (AvgIpc) is 2.83. The van der Waals surface area contributed by atoms with Crippen LogP contribution in [0.1, 0.15) is 31.3 Å². The zero-order valence-corrected chi connectivity index (χ0v) is 21.0. The molecule has 0 aliphatic rings. The van der Waals surface area contributed by atoms with E-state index in [1.54, 1.807) is 49.4 Å². The Bertz CT molecular complexity index is 1460. The fraction of sp³-hybridized carbons (Fsp3) is 0.200. The van der Waals surface area contributed by atoms with E-state index in [4.69, 9.17) is 4.98 Å². The Hall–Kier alpha value is -2.81. The van der Waals surface area contributed by atoms with Crippen LogP contribution in [0.5, 0.6) is 0 Å². The highest BCUT2D eigenvalue weighted by molar-refractivity contribution is 9.10. The fourth-order valence-corrected chi connectivity index (χ4v) is 5.29. The van der Waals surface area contributed by atoms with E-state index in [1.165, 1.54) is 15.9 Å². The number of aromatic nitrogens is 2. The molecular formula is C25H24BrN3O3S. The van der Waals surface area contributed by atoms with Crippen molar-refractivity contribution in [2.75, 3.05) is 7.05 Å². The lowest BCUT2D eigenvalue weighted by atomic mass is 10.1. The maximum atomic E-state index is 13.5. The van der Waals surface area contributed by atoms with Gasteiger partial charge in [0.1, 0.15) is 5.82 Å². The number of rotatable bonds is 6. The van der Waals surface area contributed by atoms with Gasteiger partial charge >= 0.3 is 0 Å². The molecule has 4 rings (SSSR count). The molecule has 0 bridgehead atoms. The van der Waals surface area contributed by atoms with E-state index in [2.05, 4.69) is 22.9 Å². The molecule has 0 radical (unpaired) electrons. The summed E-state index contributed by atoms with van der Waals surface area (Å²) in [6.45, 7) is 3.80. The molecular weight excluding hydrogens is 502 g/mol. The van der Waals surface area contributed by atoms with Gasteiger partial charge in [-0.3, -0.25) is 9.36 Å². The molecule has 1 aromatic heterocycles. The molecule has 0 saturated carbocycles. The second-order valence-electron chi connectivity index (χ2n) is 7.80. The highest BCUT2D eigenvalue weighted by atomic mass is 79.9. The molecule has 0 aliphatic carbocycles. The van der Waals surface area contributed by atoms with Crippen LogP contribution in [0.25, 0.3) is 16.6 Å². The highest BCUT2D eigenvalue weighted by Gasteiger charge is 2.30. The summed E-state index contributed by atoms with van der Waals surface area (Å²) in [5.41, 5.74) is 2.08. The first-order valence-corrected chi connectivity index (χ1v) is 12.8. The fourth-order valence-electron chi connectivity index (χ4n) is 3.70. The van der Waals surface area contributed by atoms with Crippen LogP contribution in [0.15, 0.2) is 87.0 Å². The third-order valence-corrected chi connectivity index (χ3v) is 8.29. The third kappa shape index (κ3) is 4.38. The standard InChI is InChI=1S/C25H24BrN3O3S/c1-4-18-9-13-20(14-10-18)29-24(27-23-8-6-5-7-22(23)25(29)30)17(2)28(3)33(31,32)21-15-11-19(26)12-16-21/h5-17H,4H2,1-3H3. The molecule has 3 aromatic carbocycles. The first kappa shape index (κ1) is 23.4. The van der Waals surface area contributed by atoms with Gasteiger partial charge in [-0.25, -0.2) is 13.4 Å². The molecule has 0 spiro atoms. The van der Waals surface area contributed by atoms with E-state index in [0.29, 0.717) is 22.4 Å². The number of fused-ring (bicyclic) bond motifs is 1. The Morgan fingerprint density at radius 1 is 1.00 bits per heavy atom. The van der Waals surface area contributed by atoms with Gasteiger partial charge in [-0.1, -0.05) is 47.1 Å². The van der Waals surface area contributed by atoms with Crippen LogP contribution in [0.3, 0.4) is 0 Å². The third-order valence-electron chi connectivity index (χ3n) is 5.81. The quantitative estimate of drug-likeness (QED) is 0.351. The molecule has 33 heavy (non-hydrogen) atoms. The smallest absolute Gasteiger partial charge is 0.266 e. The summed E-state index contributed by atoms with van der Waals surface area (Å²) in [4.78, 5) is 18.5. The molecule has 4 aromatic rings. The molecule has 0 saturated heterocycles. The number of para-hydroxylation sites is 1. The average molecular weight is 526 g/mol. The summed E-state index contributed by atoms with van der Waals surface area (Å²) in [6.07, 6.45) is 0.878. The lowest BCUT2D eigenvalue weighted by Crippen LogP contribution is -2.34. The molecule has 8 heteroatoms. The van der Waals surface area contributed by atoms with Gasteiger partial charge < -0.3 is 0 Å². The first-order valence-electron chi connectivity index (χ1n) is 10.6. The number of benzene rings is 3. The number of sulfonamides is 1. The van der Waals surface area contributed by atoms with Crippen LogP contribution < -0.4 is 5.56 Å². The predicted octanol–water partition coefficient (Wildman–Crippen LogP) is 5.09. The Balaban J connectivity index is 1.89. The number of halogens is 1. The second kappa shape index (κ2) is 9.21. The van der Waals surface area contributed by atoms with Gasteiger partial charge in [0.25, 0.3) is 5.56 Å². The van der Waals surface area contributed by atoms with E-state index in [-0.39, 0.29) is 10.5 Å². The maximum absolute atomic E-state index is 13.5. The van der Waals surface area contributed by atoms with Gasteiger partial charge in [-0.05, 0) is 67.4 Å². The van der Waals surface area contributed by atoms with Crippen molar-refractivity contribution in [2.24, 2.45) is 0 Å².